The average molecular weight is 586 g/mol. The topological polar surface area (TPSA) is 108 Å². The first-order chi connectivity index (χ1) is 17.4. The van der Waals surface area contributed by atoms with E-state index < -0.39 is 23.8 Å². The Bertz CT molecular complexity index is 1170. The highest BCUT2D eigenvalue weighted by molar-refractivity contribution is 9.10. The number of benzene rings is 2. The van der Waals surface area contributed by atoms with Crippen LogP contribution in [-0.4, -0.2) is 49.4 Å². The van der Waals surface area contributed by atoms with Crippen LogP contribution in [-0.2, 0) is 15.8 Å². The van der Waals surface area contributed by atoms with Gasteiger partial charge in [0.2, 0.25) is 6.41 Å². The Morgan fingerprint density at radius 2 is 1.86 bits per heavy atom. The van der Waals surface area contributed by atoms with Gasteiger partial charge in [-0.3, -0.25) is 9.59 Å². The van der Waals surface area contributed by atoms with Crippen LogP contribution in [0.1, 0.15) is 36.4 Å². The molecule has 0 aliphatic heterocycles. The van der Waals surface area contributed by atoms with Gasteiger partial charge in [0.1, 0.15) is 11.5 Å². The number of carbonyl (C=O) groups excluding carboxylic acids is 3. The minimum atomic E-state index is -4.56. The zero-order chi connectivity index (χ0) is 27.8. The second-order valence-electron chi connectivity index (χ2n) is 8.20. The molecule has 1 aliphatic rings. The molecule has 12 heteroatoms. The van der Waals surface area contributed by atoms with Gasteiger partial charge in [-0.15, -0.1) is 0 Å². The number of nitrogens with one attached hydrogen (secondary N) is 2. The van der Waals surface area contributed by atoms with E-state index in [0.29, 0.717) is 22.2 Å². The number of ketones is 1. The molecule has 1 atom stereocenters. The van der Waals surface area contributed by atoms with E-state index in [-0.39, 0.29) is 35.6 Å². The molecule has 0 fully saturated rings. The Morgan fingerprint density at radius 1 is 1.19 bits per heavy atom. The van der Waals surface area contributed by atoms with Crippen molar-refractivity contribution in [3.05, 3.63) is 69.4 Å². The number of urea groups is 1. The molecule has 37 heavy (non-hydrogen) atoms. The van der Waals surface area contributed by atoms with E-state index in [2.05, 4.69) is 26.6 Å². The number of hydrogen-bond donors (Lipinski definition) is 3. The summed E-state index contributed by atoms with van der Waals surface area (Å²) < 4.78 is 45.0. The summed E-state index contributed by atoms with van der Waals surface area (Å²) in [4.78, 5) is 36.2. The van der Waals surface area contributed by atoms with Gasteiger partial charge in [-0.1, -0.05) is 28.1 Å². The Balaban J connectivity index is 0.000000877. The molecular weight excluding hydrogens is 559 g/mol. The first kappa shape index (κ1) is 29.7. The minimum Gasteiger partial charge on any atom is -0.512 e. The normalized spacial score (nSPS) is 14.2. The highest BCUT2D eigenvalue weighted by Gasteiger charge is 2.33. The van der Waals surface area contributed by atoms with Crippen molar-refractivity contribution in [2.24, 2.45) is 0 Å². The molecule has 3 N–H and O–H groups in total. The quantitative estimate of drug-likeness (QED) is 0.382. The lowest BCUT2D eigenvalue weighted by Gasteiger charge is -2.26. The highest BCUT2D eigenvalue weighted by atomic mass is 79.9. The fourth-order valence-corrected chi connectivity index (χ4v) is 3.81. The molecule has 3 rings (SSSR count). The highest BCUT2D eigenvalue weighted by Crippen LogP contribution is 2.37. The number of ether oxygens (including phenoxy) is 1. The molecule has 200 valence electrons. The maximum atomic E-state index is 13.0. The minimum absolute atomic E-state index is 0.0241. The van der Waals surface area contributed by atoms with Crippen LogP contribution in [0.5, 0.6) is 5.75 Å². The van der Waals surface area contributed by atoms with Crippen LogP contribution < -0.4 is 15.4 Å². The predicted molar refractivity (Wildman–Crippen MR) is 135 cm³/mol. The maximum Gasteiger partial charge on any atom is 0.416 e. The van der Waals surface area contributed by atoms with Crippen molar-refractivity contribution in [2.75, 3.05) is 26.5 Å². The van der Waals surface area contributed by atoms with Crippen molar-refractivity contribution in [1.29, 1.82) is 0 Å². The number of carbonyl (C=O) groups is 3. The number of allylic oxidation sites excluding steroid dienone is 1. The maximum absolute atomic E-state index is 13.0. The summed E-state index contributed by atoms with van der Waals surface area (Å²) >= 11 is 3.32. The summed E-state index contributed by atoms with van der Waals surface area (Å²) in [7, 11) is 4.79. The van der Waals surface area contributed by atoms with Crippen molar-refractivity contribution in [3.63, 3.8) is 0 Å². The summed E-state index contributed by atoms with van der Waals surface area (Å²) in [5.41, 5.74) is -0.556. The van der Waals surface area contributed by atoms with Crippen molar-refractivity contribution in [3.8, 4) is 5.75 Å². The number of alkyl halides is 3. The number of halogens is 4. The van der Waals surface area contributed by atoms with E-state index in [4.69, 9.17) is 4.74 Å². The summed E-state index contributed by atoms with van der Waals surface area (Å²) in [5.74, 6) is -0.124. The van der Waals surface area contributed by atoms with Crippen LogP contribution >= 0.6 is 15.9 Å². The number of anilines is 1. The van der Waals surface area contributed by atoms with E-state index in [1.807, 2.05) is 0 Å². The van der Waals surface area contributed by atoms with E-state index >= 15 is 0 Å². The first-order valence-electron chi connectivity index (χ1n) is 11.0. The second-order valence-corrected chi connectivity index (χ2v) is 9.12. The van der Waals surface area contributed by atoms with Gasteiger partial charge in [0, 0.05) is 42.7 Å². The number of methoxy groups -OCH3 is 1. The molecule has 0 saturated heterocycles. The molecule has 0 bridgehead atoms. The van der Waals surface area contributed by atoms with E-state index in [1.54, 1.807) is 32.3 Å². The molecule has 0 radical (unpaired) electrons. The van der Waals surface area contributed by atoms with Crippen LogP contribution in [0.15, 0.2) is 58.3 Å². The van der Waals surface area contributed by atoms with E-state index in [0.717, 1.165) is 18.5 Å². The lowest BCUT2D eigenvalue weighted by atomic mass is 9.87. The third-order valence-corrected chi connectivity index (χ3v) is 5.65. The molecule has 1 unspecified atom stereocenters. The number of amides is 3. The smallest absolute Gasteiger partial charge is 0.416 e. The molecular formula is C25H27BrF3N3O5. The molecule has 0 saturated carbocycles. The van der Waals surface area contributed by atoms with E-state index in [9.17, 15) is 32.7 Å². The molecule has 8 nitrogen and oxygen atoms in total. The zero-order valence-corrected chi connectivity index (χ0v) is 21.9. The lowest BCUT2D eigenvalue weighted by Crippen LogP contribution is -2.36. The van der Waals surface area contributed by atoms with Crippen molar-refractivity contribution < 1.29 is 37.4 Å². The Hall–Kier alpha value is -3.54. The van der Waals surface area contributed by atoms with Gasteiger partial charge in [0.15, 0.2) is 5.78 Å². The number of aliphatic hydroxyl groups excluding tert-OH is 1. The van der Waals surface area contributed by atoms with E-state index in [1.165, 1.54) is 24.1 Å². The van der Waals surface area contributed by atoms with Crippen molar-refractivity contribution in [2.45, 2.75) is 31.5 Å². The number of aliphatic hydroxyl groups is 1. The van der Waals surface area contributed by atoms with Crippen molar-refractivity contribution >= 4 is 39.8 Å². The Labute approximate surface area is 220 Å². The number of nitrogens with zero attached hydrogens (tertiary/aromatic N) is 1. The van der Waals surface area contributed by atoms with Gasteiger partial charge >= 0.3 is 12.2 Å². The van der Waals surface area contributed by atoms with Gasteiger partial charge in [0.05, 0.1) is 24.3 Å². The number of Topliss-reactive ketones (excluding diaryl/α,β-unsaturated/α-hetero) is 1. The average Bonchev–Trinajstić information content (AvgIpc) is 2.83. The monoisotopic (exact) mass is 585 g/mol. The second kappa shape index (κ2) is 13.1. The van der Waals surface area contributed by atoms with Gasteiger partial charge in [-0.25, -0.2) is 4.79 Å². The summed E-state index contributed by atoms with van der Waals surface area (Å²) in [6, 6.07) is 7.20. The van der Waals surface area contributed by atoms with Gasteiger partial charge in [-0.05, 0) is 36.8 Å². The summed E-state index contributed by atoms with van der Waals surface area (Å²) in [5, 5.41) is 15.4. The molecule has 2 aromatic rings. The number of rotatable bonds is 6. The summed E-state index contributed by atoms with van der Waals surface area (Å²) in [6.45, 7) is 0. The Morgan fingerprint density at radius 3 is 2.43 bits per heavy atom. The van der Waals surface area contributed by atoms with Gasteiger partial charge in [0.25, 0.3) is 0 Å². The molecule has 1 aliphatic carbocycles. The standard InChI is InChI=1S/C22H20BrF3N2O4.C3H7NO/c1-32-18-11-13(23)8-9-15(18)20(19-16(29)6-3-7-17(19)30)28-21(31)27-14-5-2-4-12(10-14)22(24,25)26;1-4(2)3-5/h2,4-5,8-11,20,29H,3,6-7H2,1H3,(H2,27,28,31);3H,1-2H3. The molecule has 0 spiro atoms. The van der Waals surface area contributed by atoms with Crippen LogP contribution in [0.25, 0.3) is 0 Å². The van der Waals surface area contributed by atoms with Gasteiger partial charge in [-0.2, -0.15) is 13.2 Å². The third-order valence-electron chi connectivity index (χ3n) is 5.16. The van der Waals surface area contributed by atoms with Crippen LogP contribution in [0.4, 0.5) is 23.7 Å². The molecule has 3 amide bonds. The molecule has 2 aromatic carbocycles. The van der Waals surface area contributed by atoms with Crippen LogP contribution in [0, 0.1) is 0 Å². The third kappa shape index (κ3) is 8.52. The zero-order valence-electron chi connectivity index (χ0n) is 20.4. The largest absolute Gasteiger partial charge is 0.512 e. The number of hydrogen-bond acceptors (Lipinski definition) is 5. The molecule has 0 aromatic heterocycles. The van der Waals surface area contributed by atoms with Crippen LogP contribution in [0.3, 0.4) is 0 Å². The fraction of sp³-hybridized carbons (Fsp3) is 0.320. The van der Waals surface area contributed by atoms with Gasteiger partial charge < -0.3 is 25.4 Å². The first-order valence-corrected chi connectivity index (χ1v) is 11.8. The molecule has 0 heterocycles. The van der Waals surface area contributed by atoms with Crippen LogP contribution in [0.2, 0.25) is 0 Å². The summed E-state index contributed by atoms with van der Waals surface area (Å²) in [6.07, 6.45) is -2.86. The SMILES string of the molecule is CN(C)C=O.COc1cc(Br)ccc1C(NC(=O)Nc1cccc(C(F)(F)F)c1)C1=C(O)CCCC1=O. The fourth-order valence-electron chi connectivity index (χ4n) is 3.47. The predicted octanol–water partition coefficient (Wildman–Crippen LogP) is 5.61. The Kier molecular flexibility index (Phi) is 10.5. The van der Waals surface area contributed by atoms with Crippen molar-refractivity contribution in [1.82, 2.24) is 10.2 Å². The lowest BCUT2D eigenvalue weighted by molar-refractivity contribution is -0.137.